The van der Waals surface area contributed by atoms with Crippen molar-refractivity contribution in [2.24, 2.45) is 0 Å². The van der Waals surface area contributed by atoms with Gasteiger partial charge in [-0.3, -0.25) is 9.69 Å². The molecule has 1 heterocycles. The van der Waals surface area contributed by atoms with Gasteiger partial charge in [0.15, 0.2) is 0 Å². The van der Waals surface area contributed by atoms with Crippen LogP contribution >= 0.6 is 0 Å². The van der Waals surface area contributed by atoms with Crippen molar-refractivity contribution in [3.63, 3.8) is 0 Å². The molecule has 132 valence electrons. The van der Waals surface area contributed by atoms with Crippen LogP contribution in [0.15, 0.2) is 54.6 Å². The summed E-state index contributed by atoms with van der Waals surface area (Å²) >= 11 is 0. The quantitative estimate of drug-likeness (QED) is 0.910. The van der Waals surface area contributed by atoms with Crippen molar-refractivity contribution in [2.45, 2.75) is 19.4 Å². The number of piperazine rings is 1. The summed E-state index contributed by atoms with van der Waals surface area (Å²) in [6.07, 6.45) is -0.0107. The molecule has 4 heteroatoms. The lowest BCUT2D eigenvalue weighted by molar-refractivity contribution is -0.132. The highest BCUT2D eigenvalue weighted by Crippen LogP contribution is 2.15. The van der Waals surface area contributed by atoms with E-state index in [9.17, 15) is 9.90 Å². The molecule has 4 nitrogen and oxygen atoms in total. The van der Waals surface area contributed by atoms with E-state index in [0.717, 1.165) is 37.3 Å². The van der Waals surface area contributed by atoms with Gasteiger partial charge in [0.05, 0.1) is 12.5 Å². The molecule has 1 amide bonds. The maximum atomic E-state index is 12.5. The van der Waals surface area contributed by atoms with E-state index in [1.165, 1.54) is 5.56 Å². The maximum absolute atomic E-state index is 12.5. The number of β-amino-alcohol motifs (C(OH)–C–C–N with tert-alkyl or cyclic N) is 1. The zero-order valence-corrected chi connectivity index (χ0v) is 14.8. The predicted octanol–water partition coefficient (Wildman–Crippen LogP) is 2.42. The highest BCUT2D eigenvalue weighted by atomic mass is 16.3. The van der Waals surface area contributed by atoms with Gasteiger partial charge in [0.2, 0.25) is 5.91 Å². The zero-order chi connectivity index (χ0) is 17.6. The molecule has 2 aromatic rings. The van der Waals surface area contributed by atoms with E-state index in [0.29, 0.717) is 13.0 Å². The lowest BCUT2D eigenvalue weighted by Crippen LogP contribution is -2.50. The van der Waals surface area contributed by atoms with Crippen molar-refractivity contribution in [1.29, 1.82) is 0 Å². The molecule has 25 heavy (non-hydrogen) atoms. The van der Waals surface area contributed by atoms with Crippen molar-refractivity contribution in [2.75, 3.05) is 32.7 Å². The number of aliphatic hydroxyl groups excluding tert-OH is 1. The number of nitrogens with zero attached hydrogens (tertiary/aromatic N) is 2. The lowest BCUT2D eigenvalue weighted by atomic mass is 10.1. The number of rotatable bonds is 5. The third-order valence-corrected chi connectivity index (χ3v) is 4.82. The summed E-state index contributed by atoms with van der Waals surface area (Å²) in [4.78, 5) is 16.6. The first-order chi connectivity index (χ1) is 12.1. The topological polar surface area (TPSA) is 43.8 Å². The van der Waals surface area contributed by atoms with Gasteiger partial charge in [0.25, 0.3) is 0 Å². The molecule has 0 aliphatic carbocycles. The summed E-state index contributed by atoms with van der Waals surface area (Å²) in [5, 5.41) is 10.3. The van der Waals surface area contributed by atoms with Gasteiger partial charge in [-0.1, -0.05) is 60.2 Å². The number of carbonyl (C=O) groups is 1. The average Bonchev–Trinajstić information content (AvgIpc) is 2.65. The largest absolute Gasteiger partial charge is 0.387 e. The van der Waals surface area contributed by atoms with E-state index in [1.807, 2.05) is 59.5 Å². The second-order valence-electron chi connectivity index (χ2n) is 6.77. The normalized spacial score (nSPS) is 16.6. The van der Waals surface area contributed by atoms with Crippen LogP contribution in [-0.4, -0.2) is 53.5 Å². The Morgan fingerprint density at radius 2 is 1.64 bits per heavy atom. The molecule has 2 aromatic carbocycles. The lowest BCUT2D eigenvalue weighted by Gasteiger charge is -2.35. The molecule has 1 saturated heterocycles. The van der Waals surface area contributed by atoms with E-state index in [4.69, 9.17) is 0 Å². The van der Waals surface area contributed by atoms with Crippen molar-refractivity contribution in [3.05, 3.63) is 71.3 Å². The fourth-order valence-corrected chi connectivity index (χ4v) is 3.20. The third-order valence-electron chi connectivity index (χ3n) is 4.82. The minimum absolute atomic E-state index is 0.187. The summed E-state index contributed by atoms with van der Waals surface area (Å²) in [6, 6.07) is 17.9. The van der Waals surface area contributed by atoms with E-state index >= 15 is 0 Å². The van der Waals surface area contributed by atoms with Gasteiger partial charge in [-0.2, -0.15) is 0 Å². The first kappa shape index (κ1) is 17.6. The molecule has 0 aromatic heterocycles. The van der Waals surface area contributed by atoms with Crippen molar-refractivity contribution in [3.8, 4) is 0 Å². The van der Waals surface area contributed by atoms with Crippen LogP contribution in [0.3, 0.4) is 0 Å². The van der Waals surface area contributed by atoms with E-state index in [-0.39, 0.29) is 5.91 Å². The van der Waals surface area contributed by atoms with Crippen LogP contribution in [0.5, 0.6) is 0 Å². The molecule has 1 N–H and O–H groups in total. The van der Waals surface area contributed by atoms with Crippen LogP contribution in [-0.2, 0) is 11.2 Å². The number of aliphatic hydroxyl groups is 1. The Hall–Kier alpha value is -2.17. The summed E-state index contributed by atoms with van der Waals surface area (Å²) < 4.78 is 0. The van der Waals surface area contributed by atoms with Crippen LogP contribution in [0.1, 0.15) is 22.8 Å². The molecule has 1 atom stereocenters. The molecular formula is C21H26N2O2. The third kappa shape index (κ3) is 4.91. The second-order valence-corrected chi connectivity index (χ2v) is 6.77. The number of hydrogen-bond donors (Lipinski definition) is 1. The Kier molecular flexibility index (Phi) is 5.84. The van der Waals surface area contributed by atoms with Crippen molar-refractivity contribution < 1.29 is 9.90 Å². The van der Waals surface area contributed by atoms with Gasteiger partial charge in [-0.05, 0) is 18.1 Å². The van der Waals surface area contributed by atoms with Crippen LogP contribution in [0.4, 0.5) is 0 Å². The van der Waals surface area contributed by atoms with Gasteiger partial charge in [-0.15, -0.1) is 0 Å². The SMILES string of the molecule is Cc1ccc(CC(=O)N2CCN(CC(O)c3ccccc3)CC2)cc1. The number of benzene rings is 2. The van der Waals surface area contributed by atoms with Crippen molar-refractivity contribution >= 4 is 5.91 Å². The Morgan fingerprint density at radius 3 is 2.28 bits per heavy atom. The highest BCUT2D eigenvalue weighted by Gasteiger charge is 2.22. The summed E-state index contributed by atoms with van der Waals surface area (Å²) in [7, 11) is 0. The van der Waals surface area contributed by atoms with Gasteiger partial charge in [0, 0.05) is 32.7 Å². The summed E-state index contributed by atoms with van der Waals surface area (Å²) in [5.74, 6) is 0.187. The Morgan fingerprint density at radius 1 is 1.00 bits per heavy atom. The van der Waals surface area contributed by atoms with Crippen LogP contribution < -0.4 is 0 Å². The van der Waals surface area contributed by atoms with Gasteiger partial charge >= 0.3 is 0 Å². The number of amides is 1. The van der Waals surface area contributed by atoms with E-state index in [1.54, 1.807) is 0 Å². The van der Waals surface area contributed by atoms with Gasteiger partial charge < -0.3 is 10.0 Å². The number of hydrogen-bond acceptors (Lipinski definition) is 3. The van der Waals surface area contributed by atoms with Crippen LogP contribution in [0.2, 0.25) is 0 Å². The second kappa shape index (κ2) is 8.28. The van der Waals surface area contributed by atoms with Gasteiger partial charge in [-0.25, -0.2) is 0 Å². The molecule has 0 radical (unpaired) electrons. The molecule has 0 saturated carbocycles. The van der Waals surface area contributed by atoms with Crippen molar-refractivity contribution in [1.82, 2.24) is 9.80 Å². The van der Waals surface area contributed by atoms with E-state index in [2.05, 4.69) is 11.8 Å². The van der Waals surface area contributed by atoms with Crippen LogP contribution in [0, 0.1) is 6.92 Å². The Labute approximate surface area is 149 Å². The zero-order valence-electron chi connectivity index (χ0n) is 14.8. The summed E-state index contributed by atoms with van der Waals surface area (Å²) in [6.45, 7) is 5.74. The molecule has 1 unspecified atom stereocenters. The standard InChI is InChI=1S/C21H26N2O2/c1-17-7-9-18(10-8-17)15-21(25)23-13-11-22(12-14-23)16-20(24)19-5-3-2-4-6-19/h2-10,20,24H,11-16H2,1H3. The molecule has 0 spiro atoms. The Bertz CT molecular complexity index is 677. The fourth-order valence-electron chi connectivity index (χ4n) is 3.20. The van der Waals surface area contributed by atoms with E-state index < -0.39 is 6.10 Å². The van der Waals surface area contributed by atoms with Gasteiger partial charge in [0.1, 0.15) is 0 Å². The molecular weight excluding hydrogens is 312 g/mol. The minimum atomic E-state index is -0.476. The molecule has 0 bridgehead atoms. The maximum Gasteiger partial charge on any atom is 0.227 e. The Balaban J connectivity index is 1.46. The predicted molar refractivity (Wildman–Crippen MR) is 99.3 cm³/mol. The molecule has 1 fully saturated rings. The van der Waals surface area contributed by atoms with Crippen LogP contribution in [0.25, 0.3) is 0 Å². The number of aryl methyl sites for hydroxylation is 1. The molecule has 3 rings (SSSR count). The number of carbonyl (C=O) groups excluding carboxylic acids is 1. The smallest absolute Gasteiger partial charge is 0.227 e. The monoisotopic (exact) mass is 338 g/mol. The minimum Gasteiger partial charge on any atom is -0.387 e. The first-order valence-electron chi connectivity index (χ1n) is 8.90. The molecule has 1 aliphatic rings. The summed E-state index contributed by atoms with van der Waals surface area (Å²) in [5.41, 5.74) is 3.22. The highest BCUT2D eigenvalue weighted by molar-refractivity contribution is 5.78. The molecule has 1 aliphatic heterocycles. The fraction of sp³-hybridized carbons (Fsp3) is 0.381. The average molecular weight is 338 g/mol. The first-order valence-corrected chi connectivity index (χ1v) is 8.90.